The molecule has 0 saturated heterocycles. The second-order valence-corrected chi connectivity index (χ2v) is 11.9. The monoisotopic (exact) mass is 916 g/mol. The zero-order chi connectivity index (χ0) is 35.7. The molecule has 1 aromatic heterocycles. The number of fused-ring (bicyclic) bond motifs is 1. The van der Waals surface area contributed by atoms with Crippen molar-refractivity contribution in [3.8, 4) is 5.75 Å². The number of carbonyl (C=O) groups excluding carboxylic acids is 3. The van der Waals surface area contributed by atoms with Gasteiger partial charge >= 0.3 is 6.18 Å². The van der Waals surface area contributed by atoms with Gasteiger partial charge in [-0.1, -0.05) is 30.9 Å². The van der Waals surface area contributed by atoms with Gasteiger partial charge in [-0.15, -0.1) is 0 Å². The Kier molecular flexibility index (Phi) is 21.3. The average molecular weight is 917 g/mol. The fourth-order valence-corrected chi connectivity index (χ4v) is 5.60. The van der Waals surface area contributed by atoms with Crippen LogP contribution in [0.5, 0.6) is 5.75 Å². The van der Waals surface area contributed by atoms with E-state index >= 15 is 0 Å². The number of nitrogens with zero attached hydrogens (tertiary/aromatic N) is 3. The number of unbranched alkanes of at least 4 members (excludes halogenated alkanes) is 4. The molecule has 2 amide bonds. The molecule has 0 unspecified atom stereocenters. The number of rotatable bonds is 18. The van der Waals surface area contributed by atoms with Gasteiger partial charge in [-0.2, -0.15) is 31.2 Å². The molecule has 3 aromatic rings. The summed E-state index contributed by atoms with van der Waals surface area (Å²) in [7, 11) is 2.38. The molecule has 273 valence electrons. The summed E-state index contributed by atoms with van der Waals surface area (Å²) in [6.07, 6.45) is -1.36. The first-order valence-electron chi connectivity index (χ1n) is 15.4. The van der Waals surface area contributed by atoms with Gasteiger partial charge in [0, 0.05) is 62.2 Å². The minimum Gasteiger partial charge on any atom is -0.794 e. The molecule has 2 N–H and O–H groups in total. The Labute approximate surface area is 315 Å². The molecule has 9 nitrogen and oxygen atoms in total. The van der Waals surface area contributed by atoms with E-state index in [9.17, 15) is 27.6 Å². The molecular weight excluding hydrogens is 875 g/mol. The molecule has 0 aliphatic heterocycles. The molecule has 0 spiro atoms. The Bertz CT molecular complexity index is 1480. The molecular formula is C33H41ClF3N4O5ReS2-3. The topological polar surface area (TPSA) is 115 Å². The maximum absolute atomic E-state index is 14.6. The van der Waals surface area contributed by atoms with Crippen molar-refractivity contribution in [1.82, 2.24) is 14.8 Å². The van der Waals surface area contributed by atoms with E-state index < -0.39 is 30.1 Å². The molecule has 0 saturated carbocycles. The SMILES string of the molecule is CO.COc1ccc2c(c1)c(CC(=O)NCCCCCCCN(CC[S-])CC(=O)[N-]CC[S-])c(C(F)(F)F)n2C(=O)c1ccc(Cl)cc1.[Re]. The van der Waals surface area contributed by atoms with Gasteiger partial charge < -0.3 is 50.5 Å². The van der Waals surface area contributed by atoms with E-state index in [2.05, 4.69) is 10.6 Å². The standard InChI is InChI=1S/C32H40ClF3N4O4S2.CH4O.Re/c1-44-24-11-12-27-25(19-24)26(30(32(34,35)36)40(27)31(43)22-7-9-23(33)10-8-22)20-28(41)37-13-5-3-2-4-6-15-39(16-18-46)21-29(42)38-14-17-45;1-2;/h7-12,19H,2-6,13-18,20-21H2,1H3,(H4,37,38,41,42,45,46);2H,1H3;/p-3. The Balaban J connectivity index is 0.00000393. The Morgan fingerprint density at radius 2 is 1.63 bits per heavy atom. The van der Waals surface area contributed by atoms with E-state index in [1.54, 1.807) is 0 Å². The molecule has 2 aromatic carbocycles. The number of carbonyl (C=O) groups is 3. The number of nitrogens with one attached hydrogen (secondary N) is 1. The fourth-order valence-electron chi connectivity index (χ4n) is 5.12. The van der Waals surface area contributed by atoms with Crippen LogP contribution in [0.2, 0.25) is 5.02 Å². The molecule has 0 bridgehead atoms. The van der Waals surface area contributed by atoms with Crippen LogP contribution in [-0.4, -0.2) is 90.7 Å². The number of halogens is 4. The van der Waals surface area contributed by atoms with E-state index in [-0.39, 0.29) is 54.9 Å². The van der Waals surface area contributed by atoms with Gasteiger partial charge in [-0.05, 0) is 68.4 Å². The molecule has 0 aliphatic carbocycles. The number of hydrogen-bond donors (Lipinski definition) is 2. The number of amides is 2. The normalized spacial score (nSPS) is 11.1. The Hall–Kier alpha value is -2.25. The molecule has 49 heavy (non-hydrogen) atoms. The number of alkyl halides is 3. The number of methoxy groups -OCH3 is 1. The van der Waals surface area contributed by atoms with Gasteiger partial charge in [-0.25, -0.2) is 0 Å². The number of aliphatic hydroxyl groups is 1. The molecule has 1 radical (unpaired) electrons. The summed E-state index contributed by atoms with van der Waals surface area (Å²) in [6.45, 7) is 2.23. The first-order valence-corrected chi connectivity index (χ1v) is 16.9. The average Bonchev–Trinajstić information content (AvgIpc) is 3.39. The van der Waals surface area contributed by atoms with Crippen LogP contribution < -0.4 is 10.1 Å². The summed E-state index contributed by atoms with van der Waals surface area (Å²) in [5.74, 6) is -0.452. The van der Waals surface area contributed by atoms with Crippen LogP contribution >= 0.6 is 11.6 Å². The predicted molar refractivity (Wildman–Crippen MR) is 187 cm³/mol. The fraction of sp³-hybridized carbons (Fsp3) is 0.485. The predicted octanol–water partition coefficient (Wildman–Crippen LogP) is 5.52. The summed E-state index contributed by atoms with van der Waals surface area (Å²) in [6, 6.07) is 9.80. The van der Waals surface area contributed by atoms with E-state index in [0.717, 1.165) is 39.3 Å². The van der Waals surface area contributed by atoms with Crippen molar-refractivity contribution in [1.29, 1.82) is 0 Å². The largest absolute Gasteiger partial charge is 0.794 e. The molecule has 1 heterocycles. The number of hydrogen-bond acceptors (Lipinski definition) is 8. The summed E-state index contributed by atoms with van der Waals surface area (Å²) in [5.41, 5.74) is -1.48. The first-order chi connectivity index (χ1) is 23.0. The van der Waals surface area contributed by atoms with Crippen LogP contribution in [0.1, 0.15) is 53.7 Å². The third-order valence-electron chi connectivity index (χ3n) is 7.30. The molecule has 0 aliphatic rings. The van der Waals surface area contributed by atoms with Gasteiger partial charge in [0.25, 0.3) is 5.91 Å². The van der Waals surface area contributed by atoms with E-state index in [1.807, 2.05) is 4.90 Å². The summed E-state index contributed by atoms with van der Waals surface area (Å²) in [4.78, 5) is 40.3. The maximum atomic E-state index is 14.6. The number of aromatic nitrogens is 1. The van der Waals surface area contributed by atoms with Gasteiger partial charge in [-0.3, -0.25) is 19.1 Å². The smallest absolute Gasteiger partial charge is 0.432 e. The van der Waals surface area contributed by atoms with Crippen LogP contribution in [0.3, 0.4) is 0 Å². The van der Waals surface area contributed by atoms with Crippen LogP contribution in [0.4, 0.5) is 13.2 Å². The Morgan fingerprint density at radius 3 is 2.24 bits per heavy atom. The van der Waals surface area contributed by atoms with Crippen LogP contribution in [-0.2, 0) is 67.9 Å². The van der Waals surface area contributed by atoms with E-state index in [0.29, 0.717) is 52.9 Å². The summed E-state index contributed by atoms with van der Waals surface area (Å²) < 4.78 is 49.6. The minimum atomic E-state index is -4.93. The quantitative estimate of drug-likeness (QED) is 0.127. The summed E-state index contributed by atoms with van der Waals surface area (Å²) >= 11 is 15.8. The molecule has 3 rings (SSSR count). The van der Waals surface area contributed by atoms with Crippen molar-refractivity contribution in [2.24, 2.45) is 0 Å². The zero-order valence-corrected chi connectivity index (χ0v) is 32.5. The van der Waals surface area contributed by atoms with Crippen molar-refractivity contribution < 1.29 is 57.8 Å². The maximum Gasteiger partial charge on any atom is 0.432 e. The molecule has 16 heteroatoms. The van der Waals surface area contributed by atoms with Crippen LogP contribution in [0.25, 0.3) is 16.2 Å². The van der Waals surface area contributed by atoms with Gasteiger partial charge in [0.05, 0.1) is 25.0 Å². The molecule has 0 atom stereocenters. The third kappa shape index (κ3) is 14.1. The van der Waals surface area contributed by atoms with E-state index in [4.69, 9.17) is 46.7 Å². The first kappa shape index (κ1) is 44.8. The van der Waals surface area contributed by atoms with Gasteiger partial charge in [0.2, 0.25) is 5.91 Å². The third-order valence-corrected chi connectivity index (χ3v) is 7.92. The number of benzene rings is 2. The van der Waals surface area contributed by atoms with Gasteiger partial charge in [0.1, 0.15) is 11.4 Å². The van der Waals surface area contributed by atoms with Crippen molar-refractivity contribution in [2.75, 3.05) is 58.4 Å². The molecule has 0 fully saturated rings. The van der Waals surface area contributed by atoms with Crippen molar-refractivity contribution >= 4 is 65.5 Å². The second-order valence-electron chi connectivity index (χ2n) is 10.6. The van der Waals surface area contributed by atoms with E-state index in [1.165, 1.54) is 49.6 Å². The van der Waals surface area contributed by atoms with Crippen LogP contribution in [0.15, 0.2) is 42.5 Å². The zero-order valence-electron chi connectivity index (χ0n) is 27.4. The van der Waals surface area contributed by atoms with Crippen molar-refractivity contribution in [2.45, 2.75) is 44.7 Å². The van der Waals surface area contributed by atoms with Crippen molar-refractivity contribution in [3.05, 3.63) is 69.6 Å². The minimum absolute atomic E-state index is 0. The Morgan fingerprint density at radius 1 is 0.980 bits per heavy atom. The van der Waals surface area contributed by atoms with Crippen LogP contribution in [0, 0.1) is 0 Å². The summed E-state index contributed by atoms with van der Waals surface area (Å²) in [5, 5.41) is 14.1. The second kappa shape index (κ2) is 23.3. The van der Waals surface area contributed by atoms with Gasteiger partial charge in [0.15, 0.2) is 0 Å². The number of aliphatic hydroxyl groups excluding tert-OH is 1. The number of ether oxygens (including phenoxy) is 1. The van der Waals surface area contributed by atoms with Crippen molar-refractivity contribution in [3.63, 3.8) is 0 Å².